The summed E-state index contributed by atoms with van der Waals surface area (Å²) < 4.78 is 0.767. The van der Waals surface area contributed by atoms with Crippen LogP contribution in [0.4, 0.5) is 0 Å². The molecular formula is C15H20BrClN2O. The summed E-state index contributed by atoms with van der Waals surface area (Å²) in [7, 11) is 0. The first-order chi connectivity index (χ1) is 9.54. The molecule has 3 nitrogen and oxygen atoms in total. The molecule has 110 valence electrons. The third-order valence-corrected chi connectivity index (χ3v) is 5.29. The number of carbonyl (C=O) groups is 1. The fourth-order valence-electron chi connectivity index (χ4n) is 2.46. The molecule has 1 fully saturated rings. The number of halogens is 2. The smallest absolute Gasteiger partial charge is 0.255 e. The van der Waals surface area contributed by atoms with Crippen LogP contribution < -0.4 is 0 Å². The van der Waals surface area contributed by atoms with E-state index in [2.05, 4.69) is 34.7 Å². The molecule has 20 heavy (non-hydrogen) atoms. The van der Waals surface area contributed by atoms with Gasteiger partial charge in [0.15, 0.2) is 0 Å². The second-order valence-electron chi connectivity index (χ2n) is 5.19. The molecule has 1 atom stereocenters. The molecule has 0 bridgehead atoms. The number of carbonyl (C=O) groups excluding carboxylic acids is 1. The monoisotopic (exact) mass is 358 g/mol. The van der Waals surface area contributed by atoms with Crippen LogP contribution in [0.1, 0.15) is 30.6 Å². The van der Waals surface area contributed by atoms with Gasteiger partial charge in [-0.1, -0.05) is 24.6 Å². The standard InChI is InChI=1S/C15H20BrClN2O/c1-3-11(2)18-7-9-19(10-8-18)15(20)12-5-4-6-13(16)14(12)17/h4-6,11H,3,7-10H2,1-2H3. The molecule has 1 saturated heterocycles. The second kappa shape index (κ2) is 6.92. The number of benzene rings is 1. The normalized spacial score (nSPS) is 18.1. The highest BCUT2D eigenvalue weighted by Gasteiger charge is 2.25. The zero-order valence-electron chi connectivity index (χ0n) is 11.9. The van der Waals surface area contributed by atoms with E-state index >= 15 is 0 Å². The van der Waals surface area contributed by atoms with Crippen LogP contribution in [0.15, 0.2) is 22.7 Å². The Morgan fingerprint density at radius 3 is 2.60 bits per heavy atom. The van der Waals surface area contributed by atoms with Crippen molar-refractivity contribution in [3.05, 3.63) is 33.3 Å². The Morgan fingerprint density at radius 2 is 2.00 bits per heavy atom. The summed E-state index contributed by atoms with van der Waals surface area (Å²) in [5.41, 5.74) is 0.582. The highest BCUT2D eigenvalue weighted by molar-refractivity contribution is 9.10. The maximum atomic E-state index is 12.5. The molecule has 1 unspecified atom stereocenters. The topological polar surface area (TPSA) is 23.6 Å². The lowest BCUT2D eigenvalue weighted by molar-refractivity contribution is 0.0580. The summed E-state index contributed by atoms with van der Waals surface area (Å²) in [5, 5.41) is 0.502. The van der Waals surface area contributed by atoms with Crippen molar-refractivity contribution in [2.24, 2.45) is 0 Å². The van der Waals surface area contributed by atoms with Gasteiger partial charge in [0.05, 0.1) is 10.6 Å². The fraction of sp³-hybridized carbons (Fsp3) is 0.533. The van der Waals surface area contributed by atoms with Crippen LogP contribution in [0.2, 0.25) is 5.02 Å². The summed E-state index contributed by atoms with van der Waals surface area (Å²) in [6.45, 7) is 7.85. The molecule has 0 N–H and O–H groups in total. The fourth-order valence-corrected chi connectivity index (χ4v) is 3.04. The molecule has 1 aliphatic heterocycles. The van der Waals surface area contributed by atoms with Crippen LogP contribution >= 0.6 is 27.5 Å². The van der Waals surface area contributed by atoms with Crippen molar-refractivity contribution in [3.63, 3.8) is 0 Å². The maximum absolute atomic E-state index is 12.5. The van der Waals surface area contributed by atoms with Crippen LogP contribution in [0.3, 0.4) is 0 Å². The Kier molecular flexibility index (Phi) is 5.47. The summed E-state index contributed by atoms with van der Waals surface area (Å²) in [4.78, 5) is 16.9. The van der Waals surface area contributed by atoms with Crippen molar-refractivity contribution in [1.82, 2.24) is 9.80 Å². The number of nitrogens with zero attached hydrogens (tertiary/aromatic N) is 2. The van der Waals surface area contributed by atoms with Gasteiger partial charge in [0, 0.05) is 36.7 Å². The first kappa shape index (κ1) is 15.8. The Labute approximate surface area is 134 Å². The summed E-state index contributed by atoms with van der Waals surface area (Å²) in [6, 6.07) is 6.07. The summed E-state index contributed by atoms with van der Waals surface area (Å²) in [5.74, 6) is 0.0279. The first-order valence-corrected chi connectivity index (χ1v) is 8.19. The van der Waals surface area contributed by atoms with Gasteiger partial charge >= 0.3 is 0 Å². The van der Waals surface area contributed by atoms with Gasteiger partial charge in [-0.3, -0.25) is 9.69 Å². The number of hydrogen-bond donors (Lipinski definition) is 0. The minimum absolute atomic E-state index is 0.0279. The van der Waals surface area contributed by atoms with Crippen molar-refractivity contribution in [1.29, 1.82) is 0 Å². The molecule has 1 aromatic carbocycles. The van der Waals surface area contributed by atoms with E-state index in [1.165, 1.54) is 0 Å². The maximum Gasteiger partial charge on any atom is 0.255 e. The molecule has 1 amide bonds. The van der Waals surface area contributed by atoms with Crippen LogP contribution in [0.25, 0.3) is 0 Å². The van der Waals surface area contributed by atoms with Crippen LogP contribution in [-0.2, 0) is 0 Å². The van der Waals surface area contributed by atoms with Crippen LogP contribution in [0, 0.1) is 0 Å². The minimum atomic E-state index is 0.0279. The third-order valence-electron chi connectivity index (χ3n) is 4.00. The molecule has 2 rings (SSSR count). The Balaban J connectivity index is 2.03. The molecule has 0 spiro atoms. The van der Waals surface area contributed by atoms with Crippen molar-refractivity contribution in [3.8, 4) is 0 Å². The zero-order valence-corrected chi connectivity index (χ0v) is 14.2. The average molecular weight is 360 g/mol. The SMILES string of the molecule is CCC(C)N1CCN(C(=O)c2cccc(Br)c2Cl)CC1. The van der Waals surface area contributed by atoms with Crippen molar-refractivity contribution < 1.29 is 4.79 Å². The Bertz CT molecular complexity index is 487. The number of amides is 1. The lowest BCUT2D eigenvalue weighted by Gasteiger charge is -2.38. The van der Waals surface area contributed by atoms with Crippen molar-refractivity contribution in [2.75, 3.05) is 26.2 Å². The largest absolute Gasteiger partial charge is 0.336 e. The van der Waals surface area contributed by atoms with E-state index in [-0.39, 0.29) is 5.91 Å². The van der Waals surface area contributed by atoms with Gasteiger partial charge in [-0.25, -0.2) is 0 Å². The predicted molar refractivity (Wildman–Crippen MR) is 86.4 cm³/mol. The average Bonchev–Trinajstić information content (AvgIpc) is 2.48. The van der Waals surface area contributed by atoms with E-state index in [4.69, 9.17) is 11.6 Å². The summed E-state index contributed by atoms with van der Waals surface area (Å²) in [6.07, 6.45) is 1.14. The predicted octanol–water partition coefficient (Wildman–Crippen LogP) is 3.66. The highest BCUT2D eigenvalue weighted by atomic mass is 79.9. The third kappa shape index (κ3) is 3.35. The van der Waals surface area contributed by atoms with E-state index in [0.717, 1.165) is 37.1 Å². The molecule has 1 aromatic rings. The van der Waals surface area contributed by atoms with E-state index in [0.29, 0.717) is 16.6 Å². The van der Waals surface area contributed by atoms with Crippen LogP contribution in [0.5, 0.6) is 0 Å². The molecular weight excluding hydrogens is 340 g/mol. The molecule has 1 heterocycles. The van der Waals surface area contributed by atoms with Gasteiger partial charge < -0.3 is 4.90 Å². The number of hydrogen-bond acceptors (Lipinski definition) is 2. The zero-order chi connectivity index (χ0) is 14.7. The summed E-state index contributed by atoms with van der Waals surface area (Å²) >= 11 is 9.57. The lowest BCUT2D eigenvalue weighted by Crippen LogP contribution is -2.51. The number of piperazine rings is 1. The first-order valence-electron chi connectivity index (χ1n) is 7.02. The van der Waals surface area contributed by atoms with Gasteiger partial charge in [0.25, 0.3) is 5.91 Å². The van der Waals surface area contributed by atoms with Crippen molar-refractivity contribution in [2.45, 2.75) is 26.3 Å². The molecule has 0 saturated carbocycles. The quantitative estimate of drug-likeness (QED) is 0.822. The van der Waals surface area contributed by atoms with Crippen LogP contribution in [-0.4, -0.2) is 47.9 Å². The molecule has 5 heteroatoms. The minimum Gasteiger partial charge on any atom is -0.336 e. The Morgan fingerprint density at radius 1 is 1.35 bits per heavy atom. The molecule has 0 aliphatic carbocycles. The van der Waals surface area contributed by atoms with Gasteiger partial charge in [0.1, 0.15) is 0 Å². The lowest BCUT2D eigenvalue weighted by atomic mass is 10.1. The molecule has 1 aliphatic rings. The van der Waals surface area contributed by atoms with E-state index in [1.807, 2.05) is 17.0 Å². The number of rotatable bonds is 3. The van der Waals surface area contributed by atoms with E-state index in [1.54, 1.807) is 6.07 Å². The second-order valence-corrected chi connectivity index (χ2v) is 6.42. The van der Waals surface area contributed by atoms with Gasteiger partial charge in [-0.15, -0.1) is 0 Å². The Hall–Kier alpha value is -0.580. The van der Waals surface area contributed by atoms with Crippen molar-refractivity contribution >= 4 is 33.4 Å². The highest BCUT2D eigenvalue weighted by Crippen LogP contribution is 2.27. The molecule has 0 aromatic heterocycles. The van der Waals surface area contributed by atoms with Gasteiger partial charge in [-0.05, 0) is 41.4 Å². The molecule has 0 radical (unpaired) electrons. The van der Waals surface area contributed by atoms with E-state index in [9.17, 15) is 4.79 Å². The van der Waals surface area contributed by atoms with Gasteiger partial charge in [0.2, 0.25) is 0 Å². The van der Waals surface area contributed by atoms with E-state index < -0.39 is 0 Å². The van der Waals surface area contributed by atoms with Gasteiger partial charge in [-0.2, -0.15) is 0 Å².